The van der Waals surface area contributed by atoms with Gasteiger partial charge in [0, 0.05) is 11.6 Å². The Morgan fingerprint density at radius 1 is 1.11 bits per heavy atom. The second-order valence-corrected chi connectivity index (χ2v) is 11.7. The van der Waals surface area contributed by atoms with Crippen LogP contribution in [-0.2, 0) is 19.6 Å². The Kier molecular flexibility index (Phi) is 7.93. The van der Waals surface area contributed by atoms with E-state index in [0.29, 0.717) is 29.7 Å². The van der Waals surface area contributed by atoms with Crippen LogP contribution in [0.15, 0.2) is 64.8 Å². The van der Waals surface area contributed by atoms with Gasteiger partial charge in [-0.2, -0.15) is 5.26 Å². The molecule has 2 aromatic rings. The SMILES string of the molecule is CCCC1(CCC)OC(=O)C(C(c2cccc(NS(=O)(=O)c3ccc(C#N)cc3)c2)C2CCCC2)=C1O. The molecule has 1 aliphatic carbocycles. The van der Waals surface area contributed by atoms with Crippen molar-refractivity contribution in [1.29, 1.82) is 5.26 Å². The number of benzene rings is 2. The van der Waals surface area contributed by atoms with Crippen molar-refractivity contribution in [3.63, 3.8) is 0 Å². The Labute approximate surface area is 219 Å². The van der Waals surface area contributed by atoms with Gasteiger partial charge in [-0.1, -0.05) is 51.7 Å². The lowest BCUT2D eigenvalue weighted by Gasteiger charge is -2.28. The molecule has 0 radical (unpaired) electrons. The summed E-state index contributed by atoms with van der Waals surface area (Å²) in [6.45, 7) is 4.02. The highest BCUT2D eigenvalue weighted by molar-refractivity contribution is 7.92. The van der Waals surface area contributed by atoms with Gasteiger partial charge in [-0.05, 0) is 73.6 Å². The van der Waals surface area contributed by atoms with Crippen molar-refractivity contribution < 1.29 is 23.1 Å². The van der Waals surface area contributed by atoms with Crippen LogP contribution >= 0.6 is 0 Å². The highest BCUT2D eigenvalue weighted by atomic mass is 32.2. The highest BCUT2D eigenvalue weighted by Crippen LogP contribution is 2.49. The molecule has 7 nitrogen and oxygen atoms in total. The molecule has 0 spiro atoms. The standard InChI is InChI=1S/C29H34N2O5S/c1-3-16-29(17-4-2)27(32)26(28(33)36-29)25(21-8-5-6-9-21)22-10-7-11-23(18-22)31-37(34,35)24-14-12-20(19-30)13-15-24/h7,10-15,18,21,25,31-32H,3-6,8-9,16-17H2,1-2H3. The molecule has 37 heavy (non-hydrogen) atoms. The van der Waals surface area contributed by atoms with E-state index in [1.165, 1.54) is 24.3 Å². The van der Waals surface area contributed by atoms with Crippen LogP contribution in [0.2, 0.25) is 0 Å². The fourth-order valence-electron chi connectivity index (χ4n) is 5.85. The molecule has 8 heteroatoms. The van der Waals surface area contributed by atoms with E-state index in [1.54, 1.807) is 18.2 Å². The number of sulfonamides is 1. The fourth-order valence-corrected chi connectivity index (χ4v) is 6.90. The average molecular weight is 523 g/mol. The van der Waals surface area contributed by atoms with E-state index in [2.05, 4.69) is 4.72 Å². The second kappa shape index (κ2) is 11.0. The quantitative estimate of drug-likeness (QED) is 0.352. The van der Waals surface area contributed by atoms with E-state index in [0.717, 1.165) is 44.1 Å². The third kappa shape index (κ3) is 5.37. The second-order valence-electron chi connectivity index (χ2n) is 10.0. The van der Waals surface area contributed by atoms with Crippen LogP contribution < -0.4 is 4.72 Å². The van der Waals surface area contributed by atoms with Crippen molar-refractivity contribution in [2.24, 2.45) is 5.92 Å². The molecule has 1 fully saturated rings. The van der Waals surface area contributed by atoms with Gasteiger partial charge in [-0.3, -0.25) is 4.72 Å². The van der Waals surface area contributed by atoms with Gasteiger partial charge in [0.25, 0.3) is 10.0 Å². The minimum Gasteiger partial charge on any atom is -0.507 e. The predicted octanol–water partition coefficient (Wildman–Crippen LogP) is 6.34. The summed E-state index contributed by atoms with van der Waals surface area (Å²) in [6.07, 6.45) is 6.59. The number of nitrogens with zero attached hydrogens (tertiary/aromatic N) is 1. The molecule has 0 bridgehead atoms. The minimum atomic E-state index is -3.89. The molecule has 1 atom stereocenters. The molecular formula is C29H34N2O5S. The van der Waals surface area contributed by atoms with Crippen LogP contribution in [0.3, 0.4) is 0 Å². The number of nitriles is 1. The molecule has 1 saturated carbocycles. The first-order valence-electron chi connectivity index (χ1n) is 13.0. The summed E-state index contributed by atoms with van der Waals surface area (Å²) in [6, 6.07) is 14.7. The molecule has 0 amide bonds. The fraction of sp³-hybridized carbons (Fsp3) is 0.448. The van der Waals surface area contributed by atoms with E-state index in [9.17, 15) is 18.3 Å². The van der Waals surface area contributed by atoms with E-state index >= 15 is 0 Å². The topological polar surface area (TPSA) is 116 Å². The number of carbonyl (C=O) groups is 1. The molecule has 2 aliphatic rings. The lowest BCUT2D eigenvalue weighted by Crippen LogP contribution is -2.31. The number of hydrogen-bond donors (Lipinski definition) is 2. The highest BCUT2D eigenvalue weighted by Gasteiger charge is 2.50. The van der Waals surface area contributed by atoms with Crippen LogP contribution in [0.5, 0.6) is 0 Å². The van der Waals surface area contributed by atoms with Gasteiger partial charge in [0.05, 0.1) is 22.1 Å². The number of aliphatic hydroxyl groups is 1. The van der Waals surface area contributed by atoms with Crippen molar-refractivity contribution >= 4 is 21.7 Å². The number of rotatable bonds is 10. The number of carbonyl (C=O) groups excluding carboxylic acids is 1. The van der Waals surface area contributed by atoms with Crippen LogP contribution in [-0.4, -0.2) is 25.1 Å². The minimum absolute atomic E-state index is 0.0432. The van der Waals surface area contributed by atoms with Crippen LogP contribution in [0.4, 0.5) is 5.69 Å². The first-order valence-corrected chi connectivity index (χ1v) is 14.5. The summed E-state index contributed by atoms with van der Waals surface area (Å²) in [4.78, 5) is 13.3. The van der Waals surface area contributed by atoms with Gasteiger partial charge in [0.15, 0.2) is 5.60 Å². The molecular weight excluding hydrogens is 488 g/mol. The number of cyclic esters (lactones) is 1. The van der Waals surface area contributed by atoms with Gasteiger partial charge in [-0.25, -0.2) is 13.2 Å². The zero-order chi connectivity index (χ0) is 26.6. The molecule has 1 heterocycles. The molecule has 1 aliphatic heterocycles. The predicted molar refractivity (Wildman–Crippen MR) is 141 cm³/mol. The zero-order valence-electron chi connectivity index (χ0n) is 21.4. The van der Waals surface area contributed by atoms with E-state index in [1.807, 2.05) is 26.0 Å². The molecule has 0 saturated heterocycles. The normalized spacial score (nSPS) is 18.5. The molecule has 196 valence electrons. The maximum Gasteiger partial charge on any atom is 0.339 e. The van der Waals surface area contributed by atoms with Crippen LogP contribution in [0.1, 0.15) is 82.3 Å². The Bertz CT molecular complexity index is 1310. The lowest BCUT2D eigenvalue weighted by molar-refractivity contribution is -0.149. The summed E-state index contributed by atoms with van der Waals surface area (Å²) in [5.74, 6) is -0.666. The van der Waals surface area contributed by atoms with Crippen molar-refractivity contribution in [3.8, 4) is 6.07 Å². The van der Waals surface area contributed by atoms with E-state index in [-0.39, 0.29) is 22.5 Å². The van der Waals surface area contributed by atoms with Crippen molar-refractivity contribution in [2.75, 3.05) is 4.72 Å². The summed E-state index contributed by atoms with van der Waals surface area (Å²) in [5.41, 5.74) is 0.848. The summed E-state index contributed by atoms with van der Waals surface area (Å²) < 4.78 is 34.6. The van der Waals surface area contributed by atoms with Gasteiger partial charge in [-0.15, -0.1) is 0 Å². The van der Waals surface area contributed by atoms with Crippen LogP contribution in [0, 0.1) is 17.2 Å². The third-order valence-electron chi connectivity index (χ3n) is 7.48. The largest absolute Gasteiger partial charge is 0.507 e. The first kappa shape index (κ1) is 26.7. The maximum absolute atomic E-state index is 13.3. The summed E-state index contributed by atoms with van der Waals surface area (Å²) in [5, 5.41) is 20.5. The summed E-state index contributed by atoms with van der Waals surface area (Å²) >= 11 is 0. The smallest absolute Gasteiger partial charge is 0.339 e. The molecule has 2 N–H and O–H groups in total. The van der Waals surface area contributed by atoms with Crippen molar-refractivity contribution in [2.45, 2.75) is 81.6 Å². The number of hydrogen-bond acceptors (Lipinski definition) is 6. The lowest BCUT2D eigenvalue weighted by atomic mass is 9.77. The maximum atomic E-state index is 13.3. The molecule has 0 aromatic heterocycles. The Balaban J connectivity index is 1.73. The Morgan fingerprint density at radius 3 is 2.35 bits per heavy atom. The number of ether oxygens (including phenoxy) is 1. The molecule has 2 aromatic carbocycles. The third-order valence-corrected chi connectivity index (χ3v) is 8.87. The summed E-state index contributed by atoms with van der Waals surface area (Å²) in [7, 11) is -3.89. The van der Waals surface area contributed by atoms with Crippen molar-refractivity contribution in [3.05, 3.63) is 71.0 Å². The monoisotopic (exact) mass is 522 g/mol. The number of aliphatic hydroxyl groups excluding tert-OH is 1. The number of nitrogens with one attached hydrogen (secondary N) is 1. The van der Waals surface area contributed by atoms with Gasteiger partial charge in [0.1, 0.15) is 5.76 Å². The first-order chi connectivity index (χ1) is 17.7. The van der Waals surface area contributed by atoms with Gasteiger partial charge in [0.2, 0.25) is 0 Å². The van der Waals surface area contributed by atoms with E-state index < -0.39 is 21.6 Å². The zero-order valence-corrected chi connectivity index (χ0v) is 22.2. The number of anilines is 1. The average Bonchev–Trinajstić information content (AvgIpc) is 3.48. The number of esters is 1. The molecule has 4 rings (SSSR count). The molecule has 1 unspecified atom stereocenters. The Hall–Kier alpha value is -3.31. The van der Waals surface area contributed by atoms with E-state index in [4.69, 9.17) is 10.00 Å². The Morgan fingerprint density at radius 2 is 1.76 bits per heavy atom. The van der Waals surface area contributed by atoms with Crippen molar-refractivity contribution in [1.82, 2.24) is 0 Å². The van der Waals surface area contributed by atoms with Gasteiger partial charge < -0.3 is 9.84 Å². The van der Waals surface area contributed by atoms with Crippen LogP contribution in [0.25, 0.3) is 0 Å². The van der Waals surface area contributed by atoms with Gasteiger partial charge >= 0.3 is 5.97 Å².